The van der Waals surface area contributed by atoms with Crippen molar-refractivity contribution in [2.75, 3.05) is 7.11 Å². The molecule has 0 radical (unpaired) electrons. The molecule has 0 aromatic heterocycles. The maximum absolute atomic E-state index is 12.0. The first-order valence-electron chi connectivity index (χ1n) is 6.98. The molecule has 0 heterocycles. The first-order chi connectivity index (χ1) is 9.10. The predicted molar refractivity (Wildman–Crippen MR) is 71.9 cm³/mol. The molecule has 0 amide bonds. The van der Waals surface area contributed by atoms with E-state index in [1.807, 2.05) is 12.1 Å². The van der Waals surface area contributed by atoms with Crippen LogP contribution in [-0.4, -0.2) is 18.2 Å². The number of phenols is 1. The van der Waals surface area contributed by atoms with Gasteiger partial charge in [-0.05, 0) is 61.6 Å². The molecular formula is C16H20O3. The van der Waals surface area contributed by atoms with Gasteiger partial charge in [0.25, 0.3) is 0 Å². The van der Waals surface area contributed by atoms with E-state index in [4.69, 9.17) is 4.74 Å². The third kappa shape index (κ3) is 1.83. The Morgan fingerprint density at radius 3 is 2.05 bits per heavy atom. The Kier molecular flexibility index (Phi) is 2.80. The highest BCUT2D eigenvalue weighted by atomic mass is 16.5. The van der Waals surface area contributed by atoms with E-state index in [1.165, 1.54) is 12.7 Å². The van der Waals surface area contributed by atoms with Crippen molar-refractivity contribution in [1.29, 1.82) is 0 Å². The molecule has 19 heavy (non-hydrogen) atoms. The minimum Gasteiger partial charge on any atom is -0.508 e. The molecule has 0 saturated heterocycles. The highest BCUT2D eigenvalue weighted by Crippen LogP contribution is 2.58. The molecule has 2 bridgehead atoms. The van der Waals surface area contributed by atoms with Gasteiger partial charge in [-0.1, -0.05) is 12.1 Å². The van der Waals surface area contributed by atoms with Gasteiger partial charge in [0.15, 0.2) is 0 Å². The van der Waals surface area contributed by atoms with Crippen LogP contribution in [0.2, 0.25) is 0 Å². The highest BCUT2D eigenvalue weighted by Gasteiger charge is 2.53. The Labute approximate surface area is 113 Å². The van der Waals surface area contributed by atoms with Crippen LogP contribution in [0.3, 0.4) is 0 Å². The van der Waals surface area contributed by atoms with E-state index in [0.29, 0.717) is 5.75 Å². The van der Waals surface area contributed by atoms with Crippen LogP contribution in [0.15, 0.2) is 24.3 Å². The van der Waals surface area contributed by atoms with E-state index in [0.717, 1.165) is 38.5 Å². The van der Waals surface area contributed by atoms with Crippen LogP contribution in [0.25, 0.3) is 0 Å². The summed E-state index contributed by atoms with van der Waals surface area (Å²) in [6.45, 7) is 0. The molecule has 3 aliphatic rings. The minimum absolute atomic E-state index is 0.0218. The van der Waals surface area contributed by atoms with E-state index in [-0.39, 0.29) is 16.8 Å². The quantitative estimate of drug-likeness (QED) is 0.831. The maximum Gasteiger partial charge on any atom is 0.311 e. The fraction of sp³-hybridized carbons (Fsp3) is 0.562. The minimum atomic E-state index is -0.215. The molecule has 0 atom stereocenters. The lowest BCUT2D eigenvalue weighted by Crippen LogP contribution is -2.48. The number of carbonyl (C=O) groups excluding carboxylic acids is 1. The van der Waals surface area contributed by atoms with Gasteiger partial charge >= 0.3 is 5.97 Å². The third-order valence-corrected chi connectivity index (χ3v) is 5.34. The Bertz CT molecular complexity index is 465. The number of hydrogen-bond donors (Lipinski definition) is 1. The number of esters is 1. The second-order valence-corrected chi connectivity index (χ2v) is 6.10. The van der Waals surface area contributed by atoms with Gasteiger partial charge in [-0.15, -0.1) is 0 Å². The van der Waals surface area contributed by atoms with Crippen molar-refractivity contribution < 1.29 is 14.6 Å². The molecule has 4 rings (SSSR count). The normalized spacial score (nSPS) is 33.1. The van der Waals surface area contributed by atoms with Crippen molar-refractivity contribution >= 4 is 5.97 Å². The first kappa shape index (κ1) is 12.5. The summed E-state index contributed by atoms with van der Waals surface area (Å²) in [6.07, 6.45) is 5.94. The number of aromatic hydroxyl groups is 1. The van der Waals surface area contributed by atoms with Crippen LogP contribution >= 0.6 is 0 Å². The molecule has 102 valence electrons. The van der Waals surface area contributed by atoms with Crippen LogP contribution in [0.4, 0.5) is 0 Å². The van der Waals surface area contributed by atoms with Crippen molar-refractivity contribution in [2.24, 2.45) is 5.41 Å². The van der Waals surface area contributed by atoms with E-state index in [9.17, 15) is 9.90 Å². The molecule has 3 saturated carbocycles. The van der Waals surface area contributed by atoms with Crippen molar-refractivity contribution in [2.45, 2.75) is 43.9 Å². The molecule has 3 aliphatic carbocycles. The van der Waals surface area contributed by atoms with Gasteiger partial charge < -0.3 is 9.84 Å². The SMILES string of the molecule is COC(=O)C12CCC(c3ccc(O)cc3)(CC1)CC2. The van der Waals surface area contributed by atoms with Crippen molar-refractivity contribution in [1.82, 2.24) is 0 Å². The van der Waals surface area contributed by atoms with Crippen molar-refractivity contribution in [3.05, 3.63) is 29.8 Å². The summed E-state index contributed by atoms with van der Waals surface area (Å²) < 4.78 is 4.99. The average molecular weight is 260 g/mol. The zero-order chi connectivity index (χ0) is 13.5. The fourth-order valence-electron chi connectivity index (χ4n) is 3.96. The van der Waals surface area contributed by atoms with Gasteiger partial charge in [-0.2, -0.15) is 0 Å². The number of carbonyl (C=O) groups is 1. The Balaban J connectivity index is 1.85. The van der Waals surface area contributed by atoms with Crippen molar-refractivity contribution in [3.63, 3.8) is 0 Å². The van der Waals surface area contributed by atoms with Crippen LogP contribution < -0.4 is 0 Å². The zero-order valence-electron chi connectivity index (χ0n) is 11.3. The molecule has 0 unspecified atom stereocenters. The fourth-order valence-corrected chi connectivity index (χ4v) is 3.96. The topological polar surface area (TPSA) is 46.5 Å². The number of ether oxygens (including phenoxy) is 1. The highest BCUT2D eigenvalue weighted by molar-refractivity contribution is 5.77. The second-order valence-electron chi connectivity index (χ2n) is 6.10. The smallest absolute Gasteiger partial charge is 0.311 e. The molecular weight excluding hydrogens is 240 g/mol. The summed E-state index contributed by atoms with van der Waals surface area (Å²) in [7, 11) is 1.49. The molecule has 3 heteroatoms. The lowest BCUT2D eigenvalue weighted by molar-refractivity contribution is -0.160. The number of rotatable bonds is 2. The molecule has 1 N–H and O–H groups in total. The summed E-state index contributed by atoms with van der Waals surface area (Å²) in [4.78, 5) is 12.0. The van der Waals surface area contributed by atoms with Gasteiger partial charge in [0.2, 0.25) is 0 Å². The Morgan fingerprint density at radius 2 is 1.58 bits per heavy atom. The lowest BCUT2D eigenvalue weighted by Gasteiger charge is -2.52. The van der Waals surface area contributed by atoms with E-state index in [1.54, 1.807) is 12.1 Å². The summed E-state index contributed by atoms with van der Waals surface area (Å²) in [5.74, 6) is 0.294. The lowest BCUT2D eigenvalue weighted by atomic mass is 9.52. The number of methoxy groups -OCH3 is 1. The largest absolute Gasteiger partial charge is 0.508 e. The molecule has 0 spiro atoms. The van der Waals surface area contributed by atoms with Crippen LogP contribution in [0.5, 0.6) is 5.75 Å². The van der Waals surface area contributed by atoms with Gasteiger partial charge in [0.05, 0.1) is 12.5 Å². The molecule has 1 aromatic rings. The van der Waals surface area contributed by atoms with Crippen LogP contribution in [0, 0.1) is 5.41 Å². The number of hydrogen-bond acceptors (Lipinski definition) is 3. The first-order valence-corrected chi connectivity index (χ1v) is 6.98. The third-order valence-electron chi connectivity index (χ3n) is 5.34. The number of phenolic OH excluding ortho intramolecular Hbond substituents is 1. The Morgan fingerprint density at radius 1 is 1.05 bits per heavy atom. The number of benzene rings is 1. The van der Waals surface area contributed by atoms with Gasteiger partial charge in [-0.3, -0.25) is 4.79 Å². The van der Waals surface area contributed by atoms with E-state index < -0.39 is 0 Å². The maximum atomic E-state index is 12.0. The van der Waals surface area contributed by atoms with Crippen LogP contribution in [0.1, 0.15) is 44.1 Å². The summed E-state index contributed by atoms with van der Waals surface area (Å²) in [5.41, 5.74) is 1.31. The summed E-state index contributed by atoms with van der Waals surface area (Å²) in [6, 6.07) is 7.60. The van der Waals surface area contributed by atoms with Gasteiger partial charge in [0, 0.05) is 0 Å². The molecule has 3 fully saturated rings. The molecule has 1 aromatic carbocycles. The monoisotopic (exact) mass is 260 g/mol. The molecule has 3 nitrogen and oxygen atoms in total. The Hall–Kier alpha value is -1.51. The van der Waals surface area contributed by atoms with Gasteiger partial charge in [0.1, 0.15) is 5.75 Å². The molecule has 0 aliphatic heterocycles. The zero-order valence-corrected chi connectivity index (χ0v) is 11.3. The summed E-state index contributed by atoms with van der Waals surface area (Å²) >= 11 is 0. The summed E-state index contributed by atoms with van der Waals surface area (Å²) in [5, 5.41) is 9.41. The van der Waals surface area contributed by atoms with E-state index in [2.05, 4.69) is 0 Å². The van der Waals surface area contributed by atoms with Gasteiger partial charge in [-0.25, -0.2) is 0 Å². The second kappa shape index (κ2) is 4.26. The standard InChI is InChI=1S/C16H20O3/c1-19-14(18)16-9-6-15(7-10-16,8-11-16)12-2-4-13(17)5-3-12/h2-5,17H,6-11H2,1H3. The number of fused-ring (bicyclic) bond motifs is 3. The average Bonchev–Trinajstić information content (AvgIpc) is 2.49. The van der Waals surface area contributed by atoms with E-state index >= 15 is 0 Å². The van der Waals surface area contributed by atoms with Crippen molar-refractivity contribution in [3.8, 4) is 5.75 Å². The predicted octanol–water partition coefficient (Wildman–Crippen LogP) is 3.16. The van der Waals surface area contributed by atoms with Crippen LogP contribution in [-0.2, 0) is 14.9 Å².